The summed E-state index contributed by atoms with van der Waals surface area (Å²) in [7, 11) is 0. The molecule has 21 heavy (non-hydrogen) atoms. The van der Waals surface area contributed by atoms with E-state index in [2.05, 4.69) is 31.3 Å². The van der Waals surface area contributed by atoms with E-state index < -0.39 is 0 Å². The Kier molecular flexibility index (Phi) is 7.20. The van der Waals surface area contributed by atoms with Gasteiger partial charge in [-0.15, -0.1) is 12.4 Å². The monoisotopic (exact) mass is 310 g/mol. The van der Waals surface area contributed by atoms with Crippen LogP contribution in [0.2, 0.25) is 0 Å². The van der Waals surface area contributed by atoms with Gasteiger partial charge in [-0.05, 0) is 31.7 Å². The third-order valence-electron chi connectivity index (χ3n) is 4.53. The van der Waals surface area contributed by atoms with Gasteiger partial charge in [-0.3, -0.25) is 4.79 Å². The molecule has 0 aromatic heterocycles. The predicted octanol–water partition coefficient (Wildman–Crippen LogP) is 3.23. The van der Waals surface area contributed by atoms with Crippen LogP contribution in [0.15, 0.2) is 30.3 Å². The van der Waals surface area contributed by atoms with Gasteiger partial charge in [0.15, 0.2) is 0 Å². The van der Waals surface area contributed by atoms with Crippen molar-refractivity contribution in [1.29, 1.82) is 0 Å². The Labute approximate surface area is 134 Å². The van der Waals surface area contributed by atoms with Gasteiger partial charge in [0.1, 0.15) is 0 Å². The predicted molar refractivity (Wildman–Crippen MR) is 89.6 cm³/mol. The van der Waals surface area contributed by atoms with Crippen LogP contribution in [0.4, 0.5) is 0 Å². The van der Waals surface area contributed by atoms with Gasteiger partial charge in [0, 0.05) is 23.9 Å². The summed E-state index contributed by atoms with van der Waals surface area (Å²) in [6.07, 6.45) is 3.94. The Morgan fingerprint density at radius 1 is 1.24 bits per heavy atom. The molecule has 0 saturated heterocycles. The van der Waals surface area contributed by atoms with Crippen molar-refractivity contribution in [3.63, 3.8) is 0 Å². The summed E-state index contributed by atoms with van der Waals surface area (Å²) < 4.78 is 0. The highest BCUT2D eigenvalue weighted by Gasteiger charge is 2.27. The average molecular weight is 311 g/mol. The minimum Gasteiger partial charge on any atom is -0.353 e. The molecule has 3 nitrogen and oxygen atoms in total. The maximum Gasteiger partial charge on any atom is 0.223 e. The summed E-state index contributed by atoms with van der Waals surface area (Å²) in [4.78, 5) is 12.3. The number of rotatable bonds is 4. The van der Waals surface area contributed by atoms with Crippen LogP contribution < -0.4 is 11.1 Å². The van der Waals surface area contributed by atoms with E-state index in [-0.39, 0.29) is 36.3 Å². The highest BCUT2D eigenvalue weighted by atomic mass is 35.5. The lowest BCUT2D eigenvalue weighted by molar-refractivity contribution is -0.126. The molecule has 1 aromatic carbocycles. The zero-order valence-corrected chi connectivity index (χ0v) is 13.7. The highest BCUT2D eigenvalue weighted by molar-refractivity contribution is 5.85. The number of carbonyl (C=O) groups excluding carboxylic acids is 1. The van der Waals surface area contributed by atoms with Crippen LogP contribution in [-0.4, -0.2) is 18.0 Å². The molecule has 1 aliphatic carbocycles. The van der Waals surface area contributed by atoms with Crippen molar-refractivity contribution >= 4 is 18.3 Å². The number of benzene rings is 1. The third kappa shape index (κ3) is 5.01. The van der Waals surface area contributed by atoms with Gasteiger partial charge in [-0.25, -0.2) is 0 Å². The normalized spacial score (nSPS) is 24.5. The number of amides is 1. The summed E-state index contributed by atoms with van der Waals surface area (Å²) in [5.74, 6) is 0.594. The summed E-state index contributed by atoms with van der Waals surface area (Å²) in [5, 5.41) is 3.17. The van der Waals surface area contributed by atoms with Gasteiger partial charge < -0.3 is 11.1 Å². The molecule has 4 atom stereocenters. The maximum absolute atomic E-state index is 12.3. The van der Waals surface area contributed by atoms with Crippen molar-refractivity contribution in [1.82, 2.24) is 5.32 Å². The lowest BCUT2D eigenvalue weighted by Gasteiger charge is -2.28. The summed E-state index contributed by atoms with van der Waals surface area (Å²) >= 11 is 0. The van der Waals surface area contributed by atoms with Crippen LogP contribution in [0, 0.1) is 5.92 Å². The third-order valence-corrected chi connectivity index (χ3v) is 4.53. The standard InChI is InChI=1S/C17H26N2O.ClH/c1-12(14-7-4-3-5-8-14)13(2)19-17(20)15-9-6-10-16(18)11-15;/h3-5,7-8,12-13,15-16H,6,9-11,18H2,1-2H3,(H,19,20);1H. The molecule has 1 aliphatic rings. The van der Waals surface area contributed by atoms with Crippen molar-refractivity contribution in [3.8, 4) is 0 Å². The van der Waals surface area contributed by atoms with Crippen molar-refractivity contribution in [2.24, 2.45) is 11.7 Å². The van der Waals surface area contributed by atoms with Gasteiger partial charge >= 0.3 is 0 Å². The van der Waals surface area contributed by atoms with E-state index in [0.29, 0.717) is 5.92 Å². The van der Waals surface area contributed by atoms with E-state index in [1.807, 2.05) is 18.2 Å². The van der Waals surface area contributed by atoms with Crippen LogP contribution in [0.25, 0.3) is 0 Å². The second-order valence-corrected chi connectivity index (χ2v) is 6.12. The van der Waals surface area contributed by atoms with Gasteiger partial charge in [0.2, 0.25) is 5.91 Å². The molecule has 1 fully saturated rings. The summed E-state index contributed by atoms with van der Waals surface area (Å²) in [6.45, 7) is 4.24. The molecule has 3 N–H and O–H groups in total. The first-order chi connectivity index (χ1) is 9.58. The largest absolute Gasteiger partial charge is 0.353 e. The molecule has 1 saturated carbocycles. The summed E-state index contributed by atoms with van der Waals surface area (Å²) in [5.41, 5.74) is 7.23. The van der Waals surface area contributed by atoms with Crippen LogP contribution >= 0.6 is 12.4 Å². The fraction of sp³-hybridized carbons (Fsp3) is 0.588. The van der Waals surface area contributed by atoms with E-state index in [1.54, 1.807) is 0 Å². The number of halogens is 1. The molecule has 118 valence electrons. The van der Waals surface area contributed by atoms with Gasteiger partial charge in [0.05, 0.1) is 0 Å². The number of hydrogen-bond donors (Lipinski definition) is 2. The smallest absolute Gasteiger partial charge is 0.223 e. The Morgan fingerprint density at radius 2 is 1.90 bits per heavy atom. The molecule has 2 rings (SSSR count). The first kappa shape index (κ1) is 18.0. The fourth-order valence-electron chi connectivity index (χ4n) is 2.98. The molecule has 1 aromatic rings. The van der Waals surface area contributed by atoms with Crippen molar-refractivity contribution in [2.75, 3.05) is 0 Å². The van der Waals surface area contributed by atoms with Crippen molar-refractivity contribution in [3.05, 3.63) is 35.9 Å². The number of hydrogen-bond acceptors (Lipinski definition) is 2. The lowest BCUT2D eigenvalue weighted by Crippen LogP contribution is -2.43. The van der Waals surface area contributed by atoms with E-state index in [1.165, 1.54) is 5.56 Å². The average Bonchev–Trinajstić information content (AvgIpc) is 2.47. The van der Waals surface area contributed by atoms with Gasteiger partial charge in [0.25, 0.3) is 0 Å². The number of nitrogens with one attached hydrogen (secondary N) is 1. The molecule has 0 bridgehead atoms. The lowest BCUT2D eigenvalue weighted by atomic mass is 9.85. The zero-order valence-electron chi connectivity index (χ0n) is 12.9. The Morgan fingerprint density at radius 3 is 2.52 bits per heavy atom. The van der Waals surface area contributed by atoms with E-state index >= 15 is 0 Å². The number of nitrogens with two attached hydrogens (primary N) is 1. The second-order valence-electron chi connectivity index (χ2n) is 6.12. The first-order valence-electron chi connectivity index (χ1n) is 7.69. The quantitative estimate of drug-likeness (QED) is 0.897. The van der Waals surface area contributed by atoms with Gasteiger partial charge in [-0.2, -0.15) is 0 Å². The van der Waals surface area contributed by atoms with Crippen LogP contribution in [0.1, 0.15) is 51.0 Å². The summed E-state index contributed by atoms with van der Waals surface area (Å²) in [6, 6.07) is 10.7. The van der Waals surface area contributed by atoms with Gasteiger partial charge in [-0.1, -0.05) is 43.7 Å². The fourth-order valence-corrected chi connectivity index (χ4v) is 2.98. The topological polar surface area (TPSA) is 55.1 Å². The molecule has 4 heteroatoms. The second kappa shape index (κ2) is 8.40. The molecule has 4 unspecified atom stereocenters. The maximum atomic E-state index is 12.3. The van der Waals surface area contributed by atoms with Crippen LogP contribution in [0.5, 0.6) is 0 Å². The van der Waals surface area contributed by atoms with E-state index in [4.69, 9.17) is 5.73 Å². The molecular formula is C17H27ClN2O. The Bertz CT molecular complexity index is 438. The molecule has 0 spiro atoms. The Balaban J connectivity index is 0.00000220. The van der Waals surface area contributed by atoms with Crippen LogP contribution in [-0.2, 0) is 4.79 Å². The minimum absolute atomic E-state index is 0. The zero-order chi connectivity index (χ0) is 14.5. The minimum atomic E-state index is 0. The molecule has 0 radical (unpaired) electrons. The first-order valence-corrected chi connectivity index (χ1v) is 7.69. The molecule has 1 amide bonds. The number of carbonyl (C=O) groups is 1. The molecule has 0 aliphatic heterocycles. The SMILES string of the molecule is CC(NC(=O)C1CCCC(N)C1)C(C)c1ccccc1.Cl. The molecular weight excluding hydrogens is 284 g/mol. The highest BCUT2D eigenvalue weighted by Crippen LogP contribution is 2.24. The molecule has 0 heterocycles. The van der Waals surface area contributed by atoms with E-state index in [9.17, 15) is 4.79 Å². The van der Waals surface area contributed by atoms with Crippen molar-refractivity contribution in [2.45, 2.75) is 57.5 Å². The Hall–Kier alpha value is -1.06. The van der Waals surface area contributed by atoms with Crippen molar-refractivity contribution < 1.29 is 4.79 Å². The van der Waals surface area contributed by atoms with Crippen LogP contribution in [0.3, 0.4) is 0 Å². The van der Waals surface area contributed by atoms with E-state index in [0.717, 1.165) is 25.7 Å².